The molecule has 0 fully saturated rings. The minimum atomic E-state index is -0.521. The van der Waals surface area contributed by atoms with Crippen LogP contribution in [-0.2, 0) is 11.2 Å². The number of rotatable bonds is 7. The van der Waals surface area contributed by atoms with E-state index in [1.807, 2.05) is 6.92 Å². The van der Waals surface area contributed by atoms with Crippen molar-refractivity contribution in [2.24, 2.45) is 0 Å². The Labute approximate surface area is 158 Å². The van der Waals surface area contributed by atoms with Gasteiger partial charge in [-0.1, -0.05) is 6.92 Å². The smallest absolute Gasteiger partial charge is 0.341 e. The third-order valence-electron chi connectivity index (χ3n) is 3.49. The molecule has 0 unspecified atom stereocenters. The number of hydrogen-bond donors (Lipinski definition) is 1. The van der Waals surface area contributed by atoms with Crippen LogP contribution in [0.2, 0.25) is 0 Å². The van der Waals surface area contributed by atoms with E-state index in [2.05, 4.69) is 5.32 Å². The molecule has 0 saturated carbocycles. The van der Waals surface area contributed by atoms with Gasteiger partial charge in [-0.2, -0.15) is 0 Å². The van der Waals surface area contributed by atoms with Crippen molar-refractivity contribution in [2.45, 2.75) is 25.2 Å². The van der Waals surface area contributed by atoms with Gasteiger partial charge < -0.3 is 10.1 Å². The molecule has 0 aliphatic heterocycles. The van der Waals surface area contributed by atoms with Crippen LogP contribution in [0.4, 0.5) is 10.7 Å². The molecule has 2 rings (SSSR count). The number of thiophene rings is 1. The Balaban J connectivity index is 2.33. The van der Waals surface area contributed by atoms with E-state index in [9.17, 15) is 19.7 Å². The molecule has 0 atom stereocenters. The van der Waals surface area contributed by atoms with Crippen LogP contribution in [-0.4, -0.2) is 29.7 Å². The van der Waals surface area contributed by atoms with Crippen LogP contribution in [0.25, 0.3) is 0 Å². The molecule has 1 N–H and O–H groups in total. The fourth-order valence-corrected chi connectivity index (χ4v) is 3.74. The largest absolute Gasteiger partial charge is 0.462 e. The summed E-state index contributed by atoms with van der Waals surface area (Å²) in [4.78, 5) is 36.7. The second-order valence-electron chi connectivity index (χ2n) is 5.13. The lowest BCUT2D eigenvalue weighted by atomic mass is 10.2. The first kappa shape index (κ1) is 19.9. The lowest BCUT2D eigenvalue weighted by Crippen LogP contribution is -2.14. The monoisotopic (exact) mass is 394 g/mol. The van der Waals surface area contributed by atoms with Crippen molar-refractivity contribution in [3.05, 3.63) is 50.4 Å². The summed E-state index contributed by atoms with van der Waals surface area (Å²) >= 11 is 2.52. The van der Waals surface area contributed by atoms with E-state index in [4.69, 9.17) is 4.74 Å². The molecule has 1 aromatic carbocycles. The number of nitro groups is 1. The molecule has 1 heterocycles. The van der Waals surface area contributed by atoms with Crippen LogP contribution < -0.4 is 5.32 Å². The first-order chi connectivity index (χ1) is 12.4. The first-order valence-electron chi connectivity index (χ1n) is 7.84. The van der Waals surface area contributed by atoms with Crippen LogP contribution in [0.3, 0.4) is 0 Å². The standard InChI is InChI=1S/C17H18N2O5S2/c1-4-11-9-12(17(21)24-5-2)16(26-11)18-15(20)10-6-7-14(25-3)13(8-10)19(22)23/h6-9H,4-5H2,1-3H3,(H,18,20). The minimum Gasteiger partial charge on any atom is -0.462 e. The molecule has 0 aliphatic rings. The second kappa shape index (κ2) is 8.81. The summed E-state index contributed by atoms with van der Waals surface area (Å²) in [6.07, 6.45) is 2.44. The van der Waals surface area contributed by atoms with Crippen molar-refractivity contribution in [1.29, 1.82) is 0 Å². The van der Waals surface area contributed by atoms with Crippen LogP contribution in [0.5, 0.6) is 0 Å². The molecule has 0 saturated heterocycles. The molecular formula is C17H18N2O5S2. The average Bonchev–Trinajstić information content (AvgIpc) is 3.04. The van der Waals surface area contributed by atoms with Gasteiger partial charge in [-0.15, -0.1) is 23.1 Å². The Hall–Kier alpha value is -2.39. The number of carbonyl (C=O) groups excluding carboxylic acids is 2. The fourth-order valence-electron chi connectivity index (χ4n) is 2.22. The van der Waals surface area contributed by atoms with Crippen LogP contribution >= 0.6 is 23.1 Å². The van der Waals surface area contributed by atoms with Gasteiger partial charge in [0.15, 0.2) is 0 Å². The predicted molar refractivity (Wildman–Crippen MR) is 102 cm³/mol. The molecule has 0 spiro atoms. The Morgan fingerprint density at radius 3 is 2.62 bits per heavy atom. The van der Waals surface area contributed by atoms with Crippen LogP contribution in [0.15, 0.2) is 29.2 Å². The maximum absolute atomic E-state index is 12.5. The number of hydrogen-bond acceptors (Lipinski definition) is 7. The number of carbonyl (C=O) groups is 2. The van der Waals surface area contributed by atoms with Gasteiger partial charge in [0.25, 0.3) is 11.6 Å². The summed E-state index contributed by atoms with van der Waals surface area (Å²) in [5.41, 5.74) is 0.309. The topological polar surface area (TPSA) is 98.5 Å². The molecule has 9 heteroatoms. The van der Waals surface area contributed by atoms with Gasteiger partial charge in [0.05, 0.1) is 22.0 Å². The van der Waals surface area contributed by atoms with E-state index in [-0.39, 0.29) is 23.4 Å². The third-order valence-corrected chi connectivity index (χ3v) is 5.47. The fraction of sp³-hybridized carbons (Fsp3) is 0.294. The zero-order valence-corrected chi connectivity index (χ0v) is 16.2. The summed E-state index contributed by atoms with van der Waals surface area (Å²) in [5, 5.41) is 14.2. The number of nitrogens with zero attached hydrogens (tertiary/aromatic N) is 1. The molecule has 1 amide bonds. The molecule has 138 valence electrons. The molecule has 0 aliphatic carbocycles. The van der Waals surface area contributed by atoms with E-state index in [0.717, 1.165) is 4.88 Å². The van der Waals surface area contributed by atoms with Crippen LogP contribution in [0, 0.1) is 10.1 Å². The highest BCUT2D eigenvalue weighted by atomic mass is 32.2. The summed E-state index contributed by atoms with van der Waals surface area (Å²) < 4.78 is 5.02. The number of nitrogens with one attached hydrogen (secondary N) is 1. The van der Waals surface area contributed by atoms with E-state index >= 15 is 0 Å². The first-order valence-corrected chi connectivity index (χ1v) is 9.88. The summed E-state index contributed by atoms with van der Waals surface area (Å²) in [6.45, 7) is 3.87. The van der Waals surface area contributed by atoms with Crippen molar-refractivity contribution in [2.75, 3.05) is 18.2 Å². The van der Waals surface area contributed by atoms with E-state index in [0.29, 0.717) is 16.3 Å². The van der Waals surface area contributed by atoms with E-state index < -0.39 is 16.8 Å². The molecule has 0 radical (unpaired) electrons. The minimum absolute atomic E-state index is 0.129. The molecular weight excluding hydrogens is 376 g/mol. The number of nitro benzene ring substituents is 1. The predicted octanol–water partition coefficient (Wildman–Crippen LogP) is 4.37. The maximum atomic E-state index is 12.5. The lowest BCUT2D eigenvalue weighted by Gasteiger charge is -2.07. The molecule has 2 aromatic rings. The van der Waals surface area contributed by atoms with Crippen molar-refractivity contribution in [1.82, 2.24) is 0 Å². The van der Waals surface area contributed by atoms with Crippen molar-refractivity contribution in [3.63, 3.8) is 0 Å². The highest BCUT2D eigenvalue weighted by Gasteiger charge is 2.21. The van der Waals surface area contributed by atoms with Gasteiger partial charge in [0.1, 0.15) is 5.00 Å². The van der Waals surface area contributed by atoms with Crippen LogP contribution in [0.1, 0.15) is 39.4 Å². The summed E-state index contributed by atoms with van der Waals surface area (Å²) in [7, 11) is 0. The van der Waals surface area contributed by atoms with Gasteiger partial charge in [0.2, 0.25) is 0 Å². The van der Waals surface area contributed by atoms with Gasteiger partial charge in [-0.3, -0.25) is 14.9 Å². The molecule has 1 aromatic heterocycles. The number of benzene rings is 1. The Morgan fingerprint density at radius 2 is 2.04 bits per heavy atom. The zero-order chi connectivity index (χ0) is 19.3. The van der Waals surface area contributed by atoms with E-state index in [1.165, 1.54) is 41.3 Å². The van der Waals surface area contributed by atoms with Gasteiger partial charge in [-0.05, 0) is 37.8 Å². The molecule has 7 nitrogen and oxygen atoms in total. The summed E-state index contributed by atoms with van der Waals surface area (Å²) in [6, 6.07) is 5.99. The van der Waals surface area contributed by atoms with Crippen molar-refractivity contribution in [3.8, 4) is 0 Å². The number of ether oxygens (including phenoxy) is 1. The van der Waals surface area contributed by atoms with Gasteiger partial charge in [0, 0.05) is 16.5 Å². The highest BCUT2D eigenvalue weighted by Crippen LogP contribution is 2.31. The quantitative estimate of drug-likeness (QED) is 0.324. The Morgan fingerprint density at radius 1 is 1.31 bits per heavy atom. The Kier molecular flexibility index (Phi) is 6.76. The normalized spacial score (nSPS) is 10.4. The summed E-state index contributed by atoms with van der Waals surface area (Å²) in [5.74, 6) is -1.03. The SMILES string of the molecule is CCOC(=O)c1cc(CC)sc1NC(=O)c1ccc(SC)c([N+](=O)[O-])c1. The lowest BCUT2D eigenvalue weighted by molar-refractivity contribution is -0.387. The highest BCUT2D eigenvalue weighted by molar-refractivity contribution is 7.98. The maximum Gasteiger partial charge on any atom is 0.341 e. The zero-order valence-electron chi connectivity index (χ0n) is 14.5. The number of esters is 1. The third kappa shape index (κ3) is 4.41. The average molecular weight is 394 g/mol. The number of anilines is 1. The number of aryl methyl sites for hydroxylation is 1. The van der Waals surface area contributed by atoms with E-state index in [1.54, 1.807) is 19.2 Å². The second-order valence-corrected chi connectivity index (χ2v) is 7.11. The van der Waals surface area contributed by atoms with Crippen molar-refractivity contribution >= 4 is 45.7 Å². The number of thioether (sulfide) groups is 1. The van der Waals surface area contributed by atoms with Gasteiger partial charge in [-0.25, -0.2) is 4.79 Å². The molecule has 0 bridgehead atoms. The number of amides is 1. The van der Waals surface area contributed by atoms with Gasteiger partial charge >= 0.3 is 5.97 Å². The Bertz CT molecular complexity index is 848. The molecule has 26 heavy (non-hydrogen) atoms. The van der Waals surface area contributed by atoms with Crippen molar-refractivity contribution < 1.29 is 19.2 Å².